The Morgan fingerprint density at radius 2 is 2.11 bits per heavy atom. The van der Waals surface area contributed by atoms with Crippen LogP contribution in [-0.2, 0) is 6.42 Å². The number of imidazole rings is 1. The first-order valence-electron chi connectivity index (χ1n) is 6.46. The van der Waals surface area contributed by atoms with Gasteiger partial charge in [-0.25, -0.2) is 13.8 Å². The second-order valence-electron chi connectivity index (χ2n) is 4.68. The van der Waals surface area contributed by atoms with Crippen molar-refractivity contribution < 1.29 is 8.78 Å². The van der Waals surface area contributed by atoms with Crippen molar-refractivity contribution in [3.8, 4) is 0 Å². The van der Waals surface area contributed by atoms with Crippen LogP contribution in [0.4, 0.5) is 14.7 Å². The lowest BCUT2D eigenvalue weighted by atomic mass is 10.0. The van der Waals surface area contributed by atoms with E-state index in [0.717, 1.165) is 12.1 Å². The van der Waals surface area contributed by atoms with Crippen LogP contribution in [0, 0.1) is 11.6 Å². The summed E-state index contributed by atoms with van der Waals surface area (Å²) in [6.07, 6.45) is 3.32. The summed E-state index contributed by atoms with van der Waals surface area (Å²) in [7, 11) is 0. The predicted molar refractivity (Wildman–Crippen MR) is 69.2 cm³/mol. The quantitative estimate of drug-likeness (QED) is 0.902. The molecule has 0 amide bonds. The van der Waals surface area contributed by atoms with Crippen LogP contribution < -0.4 is 5.32 Å². The van der Waals surface area contributed by atoms with Crippen molar-refractivity contribution in [1.82, 2.24) is 9.55 Å². The molecular weight excluding hydrogens is 248 g/mol. The van der Waals surface area contributed by atoms with Gasteiger partial charge in [0, 0.05) is 18.3 Å². The zero-order valence-electron chi connectivity index (χ0n) is 10.7. The number of anilines is 1. The third kappa shape index (κ3) is 1.99. The fourth-order valence-corrected chi connectivity index (χ4v) is 2.56. The standard InChI is InChI=1S/C14H15F2N3/c1-2-9-8-19-12(6-7-17-14(19)18-9)13-10(15)4-3-5-11(13)16/h3-5,8,12H,2,6-7H2,1H3,(H,17,18). The third-order valence-corrected chi connectivity index (χ3v) is 3.51. The van der Waals surface area contributed by atoms with E-state index in [4.69, 9.17) is 0 Å². The van der Waals surface area contributed by atoms with Gasteiger partial charge in [0.05, 0.1) is 11.7 Å². The van der Waals surface area contributed by atoms with Crippen LogP contribution >= 0.6 is 0 Å². The molecule has 1 aromatic heterocycles. The molecule has 0 saturated carbocycles. The number of nitrogens with one attached hydrogen (secondary N) is 1. The van der Waals surface area contributed by atoms with E-state index in [1.807, 2.05) is 17.7 Å². The van der Waals surface area contributed by atoms with Gasteiger partial charge in [0.15, 0.2) is 0 Å². The summed E-state index contributed by atoms with van der Waals surface area (Å²) >= 11 is 0. The summed E-state index contributed by atoms with van der Waals surface area (Å²) in [4.78, 5) is 4.41. The summed E-state index contributed by atoms with van der Waals surface area (Å²) in [5.41, 5.74) is 1.05. The van der Waals surface area contributed by atoms with E-state index in [2.05, 4.69) is 10.3 Å². The Kier molecular flexibility index (Phi) is 2.97. The minimum atomic E-state index is -0.496. The molecule has 0 saturated heterocycles. The van der Waals surface area contributed by atoms with Gasteiger partial charge < -0.3 is 9.88 Å². The van der Waals surface area contributed by atoms with Gasteiger partial charge in [-0.05, 0) is 25.0 Å². The Morgan fingerprint density at radius 3 is 2.79 bits per heavy atom. The molecule has 0 radical (unpaired) electrons. The van der Waals surface area contributed by atoms with Crippen molar-refractivity contribution in [1.29, 1.82) is 0 Å². The molecule has 1 aliphatic rings. The van der Waals surface area contributed by atoms with Gasteiger partial charge in [-0.2, -0.15) is 0 Å². The van der Waals surface area contributed by atoms with Crippen molar-refractivity contribution in [3.05, 3.63) is 47.3 Å². The zero-order chi connectivity index (χ0) is 13.4. The first-order valence-corrected chi connectivity index (χ1v) is 6.46. The normalized spacial score (nSPS) is 17.9. The summed E-state index contributed by atoms with van der Waals surface area (Å²) in [5.74, 6) is -0.301. The highest BCUT2D eigenvalue weighted by Crippen LogP contribution is 2.32. The third-order valence-electron chi connectivity index (χ3n) is 3.51. The number of halogens is 2. The highest BCUT2D eigenvalue weighted by Gasteiger charge is 2.27. The molecule has 0 spiro atoms. The van der Waals surface area contributed by atoms with Crippen LogP contribution in [0.25, 0.3) is 0 Å². The van der Waals surface area contributed by atoms with Crippen molar-refractivity contribution in [2.24, 2.45) is 0 Å². The topological polar surface area (TPSA) is 29.9 Å². The molecule has 0 aliphatic carbocycles. The number of fused-ring (bicyclic) bond motifs is 1. The van der Waals surface area contributed by atoms with E-state index < -0.39 is 11.6 Å². The summed E-state index contributed by atoms with van der Waals surface area (Å²) in [6, 6.07) is 3.67. The van der Waals surface area contributed by atoms with Gasteiger partial charge in [-0.1, -0.05) is 13.0 Å². The van der Waals surface area contributed by atoms with Crippen LogP contribution in [0.1, 0.15) is 30.6 Å². The molecule has 1 aromatic carbocycles. The Hall–Kier alpha value is -1.91. The van der Waals surface area contributed by atoms with E-state index in [9.17, 15) is 8.78 Å². The molecule has 100 valence electrons. The molecule has 0 fully saturated rings. The predicted octanol–water partition coefficient (Wildman–Crippen LogP) is 3.13. The minimum absolute atomic E-state index is 0.130. The maximum atomic E-state index is 13.9. The molecule has 19 heavy (non-hydrogen) atoms. The number of aromatic nitrogens is 2. The van der Waals surface area contributed by atoms with E-state index in [1.165, 1.54) is 18.2 Å². The van der Waals surface area contributed by atoms with Crippen molar-refractivity contribution in [2.45, 2.75) is 25.8 Å². The van der Waals surface area contributed by atoms with Gasteiger partial charge in [0.1, 0.15) is 11.6 Å². The largest absolute Gasteiger partial charge is 0.356 e. The number of hydrogen-bond acceptors (Lipinski definition) is 2. The molecule has 5 heteroatoms. The van der Waals surface area contributed by atoms with E-state index in [1.54, 1.807) is 0 Å². The number of rotatable bonds is 2. The molecule has 2 aromatic rings. The lowest BCUT2D eigenvalue weighted by molar-refractivity contribution is 0.462. The number of nitrogens with zero attached hydrogens (tertiary/aromatic N) is 2. The smallest absolute Gasteiger partial charge is 0.203 e. The highest BCUT2D eigenvalue weighted by atomic mass is 19.1. The van der Waals surface area contributed by atoms with Crippen LogP contribution in [0.2, 0.25) is 0 Å². The second-order valence-corrected chi connectivity index (χ2v) is 4.68. The molecule has 1 unspecified atom stereocenters. The van der Waals surface area contributed by atoms with Gasteiger partial charge in [0.25, 0.3) is 0 Å². The SMILES string of the molecule is CCc1cn2c(n1)NCCC2c1c(F)cccc1F. The first-order chi connectivity index (χ1) is 9.20. The number of aryl methyl sites for hydroxylation is 1. The molecule has 3 nitrogen and oxygen atoms in total. The van der Waals surface area contributed by atoms with Crippen LogP contribution in [0.15, 0.2) is 24.4 Å². The van der Waals surface area contributed by atoms with Gasteiger partial charge in [-0.3, -0.25) is 0 Å². The van der Waals surface area contributed by atoms with Crippen molar-refractivity contribution in [3.63, 3.8) is 0 Å². The van der Waals surface area contributed by atoms with Crippen molar-refractivity contribution >= 4 is 5.95 Å². The fourth-order valence-electron chi connectivity index (χ4n) is 2.56. The number of benzene rings is 1. The molecule has 1 aliphatic heterocycles. The zero-order valence-corrected chi connectivity index (χ0v) is 10.7. The minimum Gasteiger partial charge on any atom is -0.356 e. The lowest BCUT2D eigenvalue weighted by Gasteiger charge is -2.26. The Morgan fingerprint density at radius 1 is 1.37 bits per heavy atom. The molecule has 1 atom stereocenters. The van der Waals surface area contributed by atoms with Gasteiger partial charge in [-0.15, -0.1) is 0 Å². The molecule has 1 N–H and O–H groups in total. The Bertz CT molecular complexity index is 586. The van der Waals surface area contributed by atoms with E-state index in [-0.39, 0.29) is 11.6 Å². The first kappa shape index (κ1) is 12.1. The fraction of sp³-hybridized carbons (Fsp3) is 0.357. The summed E-state index contributed by atoms with van der Waals surface area (Å²) < 4.78 is 29.7. The summed E-state index contributed by atoms with van der Waals surface area (Å²) in [5, 5.41) is 3.16. The van der Waals surface area contributed by atoms with Crippen LogP contribution in [-0.4, -0.2) is 16.1 Å². The Balaban J connectivity index is 2.10. The van der Waals surface area contributed by atoms with Crippen LogP contribution in [0.3, 0.4) is 0 Å². The Labute approximate surface area is 110 Å². The van der Waals surface area contributed by atoms with E-state index >= 15 is 0 Å². The number of hydrogen-bond donors (Lipinski definition) is 1. The molecule has 3 rings (SSSR count). The molecule has 0 bridgehead atoms. The average molecular weight is 263 g/mol. The summed E-state index contributed by atoms with van der Waals surface area (Å²) in [6.45, 7) is 2.67. The van der Waals surface area contributed by atoms with Gasteiger partial charge in [0.2, 0.25) is 5.95 Å². The highest BCUT2D eigenvalue weighted by molar-refractivity contribution is 5.36. The maximum Gasteiger partial charge on any atom is 0.203 e. The molecular formula is C14H15F2N3. The van der Waals surface area contributed by atoms with Gasteiger partial charge >= 0.3 is 0 Å². The van der Waals surface area contributed by atoms with Crippen LogP contribution in [0.5, 0.6) is 0 Å². The lowest BCUT2D eigenvalue weighted by Crippen LogP contribution is -2.24. The van der Waals surface area contributed by atoms with Crippen molar-refractivity contribution in [2.75, 3.05) is 11.9 Å². The average Bonchev–Trinajstić information content (AvgIpc) is 2.82. The maximum absolute atomic E-state index is 13.9. The van der Waals surface area contributed by atoms with E-state index in [0.29, 0.717) is 18.9 Å². The second kappa shape index (κ2) is 4.64. The monoisotopic (exact) mass is 263 g/mol. The molecule has 2 heterocycles.